The van der Waals surface area contributed by atoms with Crippen LogP contribution in [0.25, 0.3) is 0 Å². The van der Waals surface area contributed by atoms with Gasteiger partial charge in [-0.05, 0) is 6.42 Å². The van der Waals surface area contributed by atoms with Crippen molar-refractivity contribution in [2.45, 2.75) is 77.6 Å². The van der Waals surface area contributed by atoms with Crippen LogP contribution in [0, 0.1) is 0 Å². The summed E-state index contributed by atoms with van der Waals surface area (Å²) in [5.74, 6) is -0.0698. The van der Waals surface area contributed by atoms with Crippen LogP contribution < -0.4 is 0 Å². The van der Waals surface area contributed by atoms with Crippen molar-refractivity contribution in [3.63, 3.8) is 0 Å². The van der Waals surface area contributed by atoms with Crippen LogP contribution in [-0.4, -0.2) is 13.1 Å². The lowest BCUT2D eigenvalue weighted by Gasteiger charge is -2.01. The summed E-state index contributed by atoms with van der Waals surface area (Å²) >= 11 is 0. The molecule has 0 saturated heterocycles. The molecule has 0 fully saturated rings. The maximum Gasteiger partial charge on any atom is 0.305 e. The molecule has 0 aromatic carbocycles. The molecule has 0 unspecified atom stereocenters. The molecule has 0 radical (unpaired) electrons. The fourth-order valence-electron chi connectivity index (χ4n) is 1.86. The molecule has 0 heterocycles. The van der Waals surface area contributed by atoms with Gasteiger partial charge in [-0.15, -0.1) is 0 Å². The van der Waals surface area contributed by atoms with Crippen LogP contribution >= 0.6 is 0 Å². The Kier molecular flexibility index (Phi) is 12.1. The molecule has 16 heavy (non-hydrogen) atoms. The molecule has 96 valence electrons. The van der Waals surface area contributed by atoms with Crippen molar-refractivity contribution in [3.8, 4) is 0 Å². The fourth-order valence-corrected chi connectivity index (χ4v) is 1.86. The van der Waals surface area contributed by atoms with Gasteiger partial charge in [-0.2, -0.15) is 0 Å². The van der Waals surface area contributed by atoms with Gasteiger partial charge in [0.05, 0.1) is 7.11 Å². The topological polar surface area (TPSA) is 26.3 Å². The van der Waals surface area contributed by atoms with Gasteiger partial charge in [0.25, 0.3) is 0 Å². The smallest absolute Gasteiger partial charge is 0.305 e. The molecule has 0 spiro atoms. The summed E-state index contributed by atoms with van der Waals surface area (Å²) in [6, 6.07) is 0. The standard InChI is InChI=1S/C14H28O2/c1-3-4-5-6-7-8-9-10-11-12-13-14(15)16-2/h3-13H2,1-2H3. The van der Waals surface area contributed by atoms with E-state index < -0.39 is 0 Å². The van der Waals surface area contributed by atoms with Crippen molar-refractivity contribution in [1.29, 1.82) is 0 Å². The fraction of sp³-hybridized carbons (Fsp3) is 0.929. The molecule has 0 atom stereocenters. The average molecular weight is 228 g/mol. The van der Waals surface area contributed by atoms with Crippen molar-refractivity contribution >= 4 is 5.97 Å². The molecule has 0 rings (SSSR count). The number of carbonyl (C=O) groups is 1. The highest BCUT2D eigenvalue weighted by molar-refractivity contribution is 5.68. The van der Waals surface area contributed by atoms with Crippen LogP contribution in [0.3, 0.4) is 0 Å². The van der Waals surface area contributed by atoms with E-state index in [0.717, 1.165) is 6.42 Å². The first kappa shape index (κ1) is 15.5. The second kappa shape index (κ2) is 12.5. The summed E-state index contributed by atoms with van der Waals surface area (Å²) in [5, 5.41) is 0. The summed E-state index contributed by atoms with van der Waals surface area (Å²) in [4.78, 5) is 10.8. The van der Waals surface area contributed by atoms with E-state index in [1.54, 1.807) is 0 Å². The van der Waals surface area contributed by atoms with E-state index in [1.165, 1.54) is 64.9 Å². The largest absolute Gasteiger partial charge is 0.469 e. The van der Waals surface area contributed by atoms with E-state index in [1.807, 2.05) is 0 Å². The first-order valence-electron chi connectivity index (χ1n) is 6.88. The second-order valence-electron chi connectivity index (χ2n) is 4.51. The quantitative estimate of drug-likeness (QED) is 0.385. The second-order valence-corrected chi connectivity index (χ2v) is 4.51. The van der Waals surface area contributed by atoms with Crippen LogP contribution in [0.2, 0.25) is 0 Å². The number of rotatable bonds is 11. The number of methoxy groups -OCH3 is 1. The van der Waals surface area contributed by atoms with Crippen molar-refractivity contribution in [2.75, 3.05) is 7.11 Å². The van der Waals surface area contributed by atoms with Crippen LogP contribution in [0.5, 0.6) is 0 Å². The predicted molar refractivity (Wildman–Crippen MR) is 68.5 cm³/mol. The monoisotopic (exact) mass is 228 g/mol. The van der Waals surface area contributed by atoms with Gasteiger partial charge in [-0.3, -0.25) is 4.79 Å². The predicted octanol–water partition coefficient (Wildman–Crippen LogP) is 4.47. The minimum absolute atomic E-state index is 0.0698. The Labute approximate surface area is 101 Å². The van der Waals surface area contributed by atoms with Gasteiger partial charge in [0, 0.05) is 6.42 Å². The number of ether oxygens (including phenoxy) is 1. The van der Waals surface area contributed by atoms with Crippen molar-refractivity contribution in [1.82, 2.24) is 0 Å². The van der Waals surface area contributed by atoms with Crippen molar-refractivity contribution < 1.29 is 9.53 Å². The Morgan fingerprint density at radius 2 is 1.25 bits per heavy atom. The Bertz CT molecular complexity index is 155. The van der Waals surface area contributed by atoms with Crippen molar-refractivity contribution in [2.24, 2.45) is 0 Å². The number of unbranched alkanes of at least 4 members (excludes halogenated alkanes) is 9. The zero-order valence-electron chi connectivity index (χ0n) is 11.1. The van der Waals surface area contributed by atoms with Gasteiger partial charge in [0.2, 0.25) is 0 Å². The van der Waals surface area contributed by atoms with Gasteiger partial charge >= 0.3 is 5.97 Å². The molecule has 0 aliphatic heterocycles. The highest BCUT2D eigenvalue weighted by Gasteiger charge is 1.98. The summed E-state index contributed by atoms with van der Waals surface area (Å²) < 4.78 is 4.59. The van der Waals surface area contributed by atoms with Gasteiger partial charge in [0.1, 0.15) is 0 Å². The zero-order valence-corrected chi connectivity index (χ0v) is 11.1. The molecule has 0 amide bonds. The van der Waals surface area contributed by atoms with Gasteiger partial charge in [-0.25, -0.2) is 0 Å². The third-order valence-electron chi connectivity index (χ3n) is 2.96. The summed E-state index contributed by atoms with van der Waals surface area (Å²) in [7, 11) is 1.46. The number of carbonyl (C=O) groups excluding carboxylic acids is 1. The first-order valence-corrected chi connectivity index (χ1v) is 6.88. The van der Waals surface area contributed by atoms with E-state index >= 15 is 0 Å². The maximum absolute atomic E-state index is 10.8. The highest BCUT2D eigenvalue weighted by Crippen LogP contribution is 2.11. The lowest BCUT2D eigenvalue weighted by atomic mass is 10.1. The number of hydrogen-bond donors (Lipinski definition) is 0. The first-order chi connectivity index (χ1) is 7.81. The normalized spacial score (nSPS) is 10.4. The Morgan fingerprint density at radius 3 is 1.69 bits per heavy atom. The molecule has 0 aliphatic carbocycles. The van der Waals surface area contributed by atoms with Crippen LogP contribution in [0.4, 0.5) is 0 Å². The number of esters is 1. The van der Waals surface area contributed by atoms with Crippen LogP contribution in [0.15, 0.2) is 0 Å². The molecule has 0 aromatic rings. The maximum atomic E-state index is 10.8. The molecular formula is C14H28O2. The molecule has 0 N–H and O–H groups in total. The van der Waals surface area contributed by atoms with E-state index in [2.05, 4.69) is 11.7 Å². The zero-order chi connectivity index (χ0) is 12.1. The summed E-state index contributed by atoms with van der Waals surface area (Å²) in [5.41, 5.74) is 0. The molecule has 0 aromatic heterocycles. The Morgan fingerprint density at radius 1 is 0.812 bits per heavy atom. The lowest BCUT2D eigenvalue weighted by Crippen LogP contribution is -1.99. The van der Waals surface area contributed by atoms with Gasteiger partial charge in [-0.1, -0.05) is 64.7 Å². The lowest BCUT2D eigenvalue weighted by molar-refractivity contribution is -0.140. The molecule has 2 nitrogen and oxygen atoms in total. The minimum atomic E-state index is -0.0698. The highest BCUT2D eigenvalue weighted by atomic mass is 16.5. The van der Waals surface area contributed by atoms with Crippen molar-refractivity contribution in [3.05, 3.63) is 0 Å². The summed E-state index contributed by atoms with van der Waals surface area (Å²) in [6.07, 6.45) is 13.6. The molecule has 0 saturated carbocycles. The van der Waals surface area contributed by atoms with Gasteiger partial charge < -0.3 is 4.74 Å². The van der Waals surface area contributed by atoms with Gasteiger partial charge in [0.15, 0.2) is 0 Å². The average Bonchev–Trinajstić information content (AvgIpc) is 2.31. The molecular weight excluding hydrogens is 200 g/mol. The van der Waals surface area contributed by atoms with E-state index in [9.17, 15) is 4.79 Å². The molecule has 0 aliphatic rings. The van der Waals surface area contributed by atoms with E-state index in [0.29, 0.717) is 6.42 Å². The minimum Gasteiger partial charge on any atom is -0.469 e. The number of hydrogen-bond acceptors (Lipinski definition) is 2. The Hall–Kier alpha value is -0.530. The Balaban J connectivity index is 2.96. The molecule has 2 heteroatoms. The SMILES string of the molecule is CCCCCCCCCCCCC(=O)OC. The molecule has 0 bridgehead atoms. The third kappa shape index (κ3) is 11.5. The van der Waals surface area contributed by atoms with Crippen LogP contribution in [0.1, 0.15) is 77.6 Å². The van der Waals surface area contributed by atoms with Crippen LogP contribution in [-0.2, 0) is 9.53 Å². The van der Waals surface area contributed by atoms with E-state index in [4.69, 9.17) is 0 Å². The van der Waals surface area contributed by atoms with E-state index in [-0.39, 0.29) is 5.97 Å². The third-order valence-corrected chi connectivity index (χ3v) is 2.96. The summed E-state index contributed by atoms with van der Waals surface area (Å²) in [6.45, 7) is 2.25.